The summed E-state index contributed by atoms with van der Waals surface area (Å²) < 4.78 is 13.7. The lowest BCUT2D eigenvalue weighted by atomic mass is 9.92. The van der Waals surface area contributed by atoms with E-state index in [9.17, 15) is 19.1 Å². The Hall–Kier alpha value is -2.11. The SMILES string of the molecule is CC1CCC(C(N)=O)CN1c1cccc(F)c1C(=O)O. The number of nitrogens with two attached hydrogens (primary N) is 1. The Morgan fingerprint density at radius 1 is 1.40 bits per heavy atom. The molecule has 2 rings (SSSR count). The number of hydrogen-bond donors (Lipinski definition) is 2. The number of aromatic carboxylic acids is 1. The van der Waals surface area contributed by atoms with E-state index in [1.807, 2.05) is 6.92 Å². The number of nitrogens with zero attached hydrogens (tertiary/aromatic N) is 1. The van der Waals surface area contributed by atoms with Crippen molar-refractivity contribution in [1.29, 1.82) is 0 Å². The van der Waals surface area contributed by atoms with Gasteiger partial charge in [-0.1, -0.05) is 6.07 Å². The van der Waals surface area contributed by atoms with Gasteiger partial charge in [0.05, 0.1) is 11.6 Å². The second kappa shape index (κ2) is 5.48. The number of hydrogen-bond acceptors (Lipinski definition) is 3. The highest BCUT2D eigenvalue weighted by atomic mass is 19.1. The average molecular weight is 280 g/mol. The molecule has 2 unspecified atom stereocenters. The number of halogens is 1. The first kappa shape index (κ1) is 14.3. The molecule has 20 heavy (non-hydrogen) atoms. The predicted molar refractivity (Wildman–Crippen MR) is 72.1 cm³/mol. The van der Waals surface area contributed by atoms with E-state index in [-0.39, 0.29) is 17.5 Å². The molecule has 0 radical (unpaired) electrons. The number of benzene rings is 1. The fraction of sp³-hybridized carbons (Fsp3) is 0.429. The molecule has 5 nitrogen and oxygen atoms in total. The Morgan fingerprint density at radius 3 is 2.70 bits per heavy atom. The number of rotatable bonds is 3. The topological polar surface area (TPSA) is 83.6 Å². The summed E-state index contributed by atoms with van der Waals surface area (Å²) in [4.78, 5) is 24.3. The number of carboxylic acid groups (broad SMARTS) is 1. The van der Waals surface area contributed by atoms with Gasteiger partial charge in [0.2, 0.25) is 5.91 Å². The summed E-state index contributed by atoms with van der Waals surface area (Å²) in [7, 11) is 0. The van der Waals surface area contributed by atoms with E-state index in [4.69, 9.17) is 5.73 Å². The van der Waals surface area contributed by atoms with Crippen LogP contribution in [0.25, 0.3) is 0 Å². The van der Waals surface area contributed by atoms with E-state index >= 15 is 0 Å². The Labute approximate surface area is 116 Å². The van der Waals surface area contributed by atoms with Crippen molar-refractivity contribution in [3.05, 3.63) is 29.6 Å². The molecule has 0 bridgehead atoms. The first-order valence-electron chi connectivity index (χ1n) is 6.49. The van der Waals surface area contributed by atoms with Crippen molar-refractivity contribution in [3.8, 4) is 0 Å². The van der Waals surface area contributed by atoms with Crippen molar-refractivity contribution in [2.75, 3.05) is 11.4 Å². The van der Waals surface area contributed by atoms with Crippen LogP contribution in [-0.4, -0.2) is 29.6 Å². The molecule has 1 amide bonds. The lowest BCUT2D eigenvalue weighted by molar-refractivity contribution is -0.122. The highest BCUT2D eigenvalue weighted by Gasteiger charge is 2.31. The number of piperidine rings is 1. The Balaban J connectivity index is 2.41. The molecule has 0 saturated carbocycles. The van der Waals surface area contributed by atoms with E-state index in [2.05, 4.69) is 0 Å². The molecule has 0 aliphatic carbocycles. The minimum Gasteiger partial charge on any atom is -0.478 e. The van der Waals surface area contributed by atoms with Gasteiger partial charge in [-0.25, -0.2) is 9.18 Å². The maximum atomic E-state index is 13.7. The summed E-state index contributed by atoms with van der Waals surface area (Å²) in [5.74, 6) is -2.83. The monoisotopic (exact) mass is 280 g/mol. The van der Waals surface area contributed by atoms with Crippen LogP contribution in [0.4, 0.5) is 10.1 Å². The molecule has 1 saturated heterocycles. The van der Waals surface area contributed by atoms with E-state index in [0.717, 1.165) is 6.07 Å². The zero-order valence-corrected chi connectivity index (χ0v) is 11.2. The number of amides is 1. The van der Waals surface area contributed by atoms with Gasteiger partial charge in [-0.05, 0) is 31.9 Å². The van der Waals surface area contributed by atoms with Gasteiger partial charge in [0.25, 0.3) is 0 Å². The molecule has 1 aromatic rings. The maximum absolute atomic E-state index is 13.7. The van der Waals surface area contributed by atoms with Gasteiger partial charge in [-0.3, -0.25) is 4.79 Å². The van der Waals surface area contributed by atoms with Gasteiger partial charge in [0, 0.05) is 12.6 Å². The summed E-state index contributed by atoms with van der Waals surface area (Å²) in [5.41, 5.74) is 5.27. The van der Waals surface area contributed by atoms with Crippen LogP contribution >= 0.6 is 0 Å². The van der Waals surface area contributed by atoms with Crippen LogP contribution in [0.5, 0.6) is 0 Å². The molecule has 1 aromatic carbocycles. The minimum absolute atomic E-state index is 0.0329. The summed E-state index contributed by atoms with van der Waals surface area (Å²) in [6, 6.07) is 4.18. The molecule has 6 heteroatoms. The van der Waals surface area contributed by atoms with Gasteiger partial charge in [0.1, 0.15) is 11.4 Å². The van der Waals surface area contributed by atoms with Crippen LogP contribution in [0, 0.1) is 11.7 Å². The molecule has 1 heterocycles. The molecule has 2 atom stereocenters. The lowest BCUT2D eigenvalue weighted by Gasteiger charge is -2.39. The van der Waals surface area contributed by atoms with E-state index in [1.165, 1.54) is 6.07 Å². The van der Waals surface area contributed by atoms with Crippen molar-refractivity contribution in [2.45, 2.75) is 25.8 Å². The third-order valence-corrected chi connectivity index (χ3v) is 3.80. The van der Waals surface area contributed by atoms with Crippen molar-refractivity contribution in [3.63, 3.8) is 0 Å². The molecule has 3 N–H and O–H groups in total. The fourth-order valence-corrected chi connectivity index (χ4v) is 2.64. The van der Waals surface area contributed by atoms with Crippen LogP contribution < -0.4 is 10.6 Å². The van der Waals surface area contributed by atoms with Gasteiger partial charge in [-0.15, -0.1) is 0 Å². The van der Waals surface area contributed by atoms with Crippen LogP contribution in [0.2, 0.25) is 0 Å². The summed E-state index contributed by atoms with van der Waals surface area (Å²) in [6.45, 7) is 2.24. The van der Waals surface area contributed by atoms with Crippen molar-refractivity contribution >= 4 is 17.6 Å². The lowest BCUT2D eigenvalue weighted by Crippen LogP contribution is -2.46. The van der Waals surface area contributed by atoms with Crippen molar-refractivity contribution in [2.24, 2.45) is 11.7 Å². The van der Waals surface area contributed by atoms with E-state index in [1.54, 1.807) is 11.0 Å². The molecular formula is C14H17FN2O3. The largest absolute Gasteiger partial charge is 0.478 e. The van der Waals surface area contributed by atoms with Crippen molar-refractivity contribution < 1.29 is 19.1 Å². The molecule has 0 spiro atoms. The predicted octanol–water partition coefficient (Wildman–Crippen LogP) is 1.61. The van der Waals surface area contributed by atoms with Gasteiger partial charge in [-0.2, -0.15) is 0 Å². The second-order valence-corrected chi connectivity index (χ2v) is 5.12. The smallest absolute Gasteiger partial charge is 0.340 e. The highest BCUT2D eigenvalue weighted by molar-refractivity contribution is 5.95. The molecular weight excluding hydrogens is 263 g/mol. The first-order chi connectivity index (χ1) is 9.41. The molecule has 108 valence electrons. The Kier molecular flexibility index (Phi) is 3.92. The van der Waals surface area contributed by atoms with Crippen LogP contribution in [0.1, 0.15) is 30.1 Å². The fourth-order valence-electron chi connectivity index (χ4n) is 2.64. The van der Waals surface area contributed by atoms with Crippen LogP contribution in [-0.2, 0) is 4.79 Å². The number of carboxylic acids is 1. The van der Waals surface area contributed by atoms with Gasteiger partial charge < -0.3 is 15.7 Å². The summed E-state index contributed by atoms with van der Waals surface area (Å²) in [5, 5.41) is 9.18. The third-order valence-electron chi connectivity index (χ3n) is 3.80. The van der Waals surface area contributed by atoms with Crippen LogP contribution in [0.3, 0.4) is 0 Å². The standard InChI is InChI=1S/C14H17FN2O3/c1-8-5-6-9(13(16)18)7-17(8)11-4-2-3-10(15)12(11)14(19)20/h2-4,8-9H,5-7H2,1H3,(H2,16,18)(H,19,20). The molecule has 1 aliphatic heterocycles. The number of anilines is 1. The normalized spacial score (nSPS) is 22.6. The molecule has 0 aromatic heterocycles. The zero-order valence-electron chi connectivity index (χ0n) is 11.2. The van der Waals surface area contributed by atoms with Crippen LogP contribution in [0.15, 0.2) is 18.2 Å². The third kappa shape index (κ3) is 2.59. The Morgan fingerprint density at radius 2 is 2.10 bits per heavy atom. The Bertz CT molecular complexity index is 547. The van der Waals surface area contributed by atoms with Gasteiger partial charge >= 0.3 is 5.97 Å². The highest BCUT2D eigenvalue weighted by Crippen LogP contribution is 2.31. The summed E-state index contributed by atoms with van der Waals surface area (Å²) in [6.07, 6.45) is 1.38. The number of primary amides is 1. The van der Waals surface area contributed by atoms with Gasteiger partial charge in [0.15, 0.2) is 0 Å². The molecule has 1 aliphatic rings. The molecule has 1 fully saturated rings. The quantitative estimate of drug-likeness (QED) is 0.881. The average Bonchev–Trinajstić information content (AvgIpc) is 2.38. The minimum atomic E-state index is -1.31. The number of carbonyl (C=O) groups excluding carboxylic acids is 1. The van der Waals surface area contributed by atoms with Crippen molar-refractivity contribution in [1.82, 2.24) is 0 Å². The van der Waals surface area contributed by atoms with E-state index < -0.39 is 17.7 Å². The second-order valence-electron chi connectivity index (χ2n) is 5.12. The summed E-state index contributed by atoms with van der Waals surface area (Å²) >= 11 is 0. The number of carbonyl (C=O) groups is 2. The van der Waals surface area contributed by atoms with E-state index in [0.29, 0.717) is 25.1 Å². The zero-order chi connectivity index (χ0) is 14.9. The first-order valence-corrected chi connectivity index (χ1v) is 6.49. The maximum Gasteiger partial charge on any atom is 0.340 e.